The van der Waals surface area contributed by atoms with E-state index in [1.165, 1.54) is 0 Å². The number of nitrogens with one attached hydrogen (secondary N) is 4. The fourth-order valence-electron chi connectivity index (χ4n) is 6.74. The molecule has 6 rings (SSSR count). The lowest BCUT2D eigenvalue weighted by atomic mass is 10.0. The highest BCUT2D eigenvalue weighted by Crippen LogP contribution is 2.35. The quantitative estimate of drug-likeness (QED) is 0.176. The number of carbonyl (C=O) groups excluding carboxylic acids is 3. The molecule has 3 amide bonds. The van der Waals surface area contributed by atoms with E-state index in [1.54, 1.807) is 64.0 Å². The summed E-state index contributed by atoms with van der Waals surface area (Å²) in [5, 5.41) is 17.0. The Labute approximate surface area is 310 Å². The minimum Gasteiger partial charge on any atom is -0.495 e. The van der Waals surface area contributed by atoms with E-state index in [0.29, 0.717) is 40.8 Å². The van der Waals surface area contributed by atoms with Crippen LogP contribution in [-0.4, -0.2) is 88.0 Å². The number of ether oxygens (including phenoxy) is 2. The number of piperidine rings is 1. The van der Waals surface area contributed by atoms with Gasteiger partial charge in [0.15, 0.2) is 5.69 Å². The van der Waals surface area contributed by atoms with Crippen molar-refractivity contribution in [3.63, 3.8) is 0 Å². The van der Waals surface area contributed by atoms with Crippen LogP contribution >= 0.6 is 0 Å². The number of carbonyl (C=O) groups is 3. The third-order valence-electron chi connectivity index (χ3n) is 9.44. The van der Waals surface area contributed by atoms with E-state index in [1.807, 2.05) is 30.3 Å². The van der Waals surface area contributed by atoms with Crippen molar-refractivity contribution < 1.29 is 23.9 Å². The molecule has 0 bridgehead atoms. The number of fused-ring (bicyclic) bond motifs is 3. The van der Waals surface area contributed by atoms with E-state index < -0.39 is 17.7 Å². The normalized spacial score (nSPS) is 15.3. The average Bonchev–Trinajstić information content (AvgIpc) is 3.34. The molecular formula is C39H49N9O5. The molecule has 14 heteroatoms. The van der Waals surface area contributed by atoms with Crippen molar-refractivity contribution in [2.45, 2.75) is 70.6 Å². The SMILES string of the molecule is COc1cc(C(=O)NC2CCN(C)CC2)ccc1Nc1ncc2c(n1)-c1c(c(C(=O)N[C@H](CNC(=O)OC(C)(C)C)c3ccccc3)nn1C)CCC2. The first-order chi connectivity index (χ1) is 25.4. The van der Waals surface area contributed by atoms with E-state index in [-0.39, 0.29) is 24.4 Å². The van der Waals surface area contributed by atoms with Crippen LogP contribution in [0.4, 0.5) is 16.4 Å². The van der Waals surface area contributed by atoms with Crippen molar-refractivity contribution >= 4 is 29.5 Å². The monoisotopic (exact) mass is 723 g/mol. The second kappa shape index (κ2) is 16.0. The minimum absolute atomic E-state index is 0.123. The summed E-state index contributed by atoms with van der Waals surface area (Å²) in [4.78, 5) is 51.3. The van der Waals surface area contributed by atoms with Gasteiger partial charge >= 0.3 is 6.09 Å². The number of aromatic nitrogens is 4. The Morgan fingerprint density at radius 1 is 1.00 bits per heavy atom. The number of alkyl carbamates (subject to hydrolysis) is 1. The zero-order chi connectivity index (χ0) is 37.7. The summed E-state index contributed by atoms with van der Waals surface area (Å²) < 4.78 is 12.8. The van der Waals surface area contributed by atoms with Gasteiger partial charge in [0.1, 0.15) is 11.4 Å². The van der Waals surface area contributed by atoms with Crippen LogP contribution in [0.2, 0.25) is 0 Å². The molecule has 4 aromatic rings. The summed E-state index contributed by atoms with van der Waals surface area (Å²) in [6.07, 6.45) is 5.19. The number of hydrogen-bond acceptors (Lipinski definition) is 10. The maximum absolute atomic E-state index is 14.0. The largest absolute Gasteiger partial charge is 0.495 e. The Bertz CT molecular complexity index is 1950. The van der Waals surface area contributed by atoms with Gasteiger partial charge in [0.2, 0.25) is 5.95 Å². The number of benzene rings is 2. The van der Waals surface area contributed by atoms with Gasteiger partial charge in [-0.05, 0) is 102 Å². The van der Waals surface area contributed by atoms with Crippen molar-refractivity contribution in [1.29, 1.82) is 0 Å². The first-order valence-electron chi connectivity index (χ1n) is 18.1. The van der Waals surface area contributed by atoms with Crippen LogP contribution in [0.5, 0.6) is 5.75 Å². The molecule has 3 heterocycles. The summed E-state index contributed by atoms with van der Waals surface area (Å²) in [6.45, 7) is 7.42. The van der Waals surface area contributed by atoms with Crippen LogP contribution in [0.1, 0.15) is 83.6 Å². The van der Waals surface area contributed by atoms with E-state index in [2.05, 4.69) is 43.3 Å². The summed E-state index contributed by atoms with van der Waals surface area (Å²) in [6, 6.07) is 14.3. The van der Waals surface area contributed by atoms with Gasteiger partial charge in [-0.1, -0.05) is 30.3 Å². The summed E-state index contributed by atoms with van der Waals surface area (Å²) >= 11 is 0. The van der Waals surface area contributed by atoms with Crippen molar-refractivity contribution in [2.75, 3.05) is 39.1 Å². The lowest BCUT2D eigenvalue weighted by molar-refractivity contribution is 0.0519. The van der Waals surface area contributed by atoms with E-state index in [0.717, 1.165) is 61.2 Å². The zero-order valence-electron chi connectivity index (χ0n) is 31.3. The Kier molecular flexibility index (Phi) is 11.3. The molecule has 53 heavy (non-hydrogen) atoms. The number of hydrogen-bond donors (Lipinski definition) is 4. The number of anilines is 2. The number of aryl methyl sites for hydroxylation is 2. The molecule has 0 unspecified atom stereocenters. The number of rotatable bonds is 10. The van der Waals surface area contributed by atoms with Crippen LogP contribution < -0.4 is 26.0 Å². The molecule has 1 aliphatic carbocycles. The third kappa shape index (κ3) is 9.12. The van der Waals surface area contributed by atoms with Gasteiger partial charge in [0.25, 0.3) is 11.8 Å². The molecule has 1 saturated heterocycles. The average molecular weight is 724 g/mol. The molecule has 14 nitrogen and oxygen atoms in total. The van der Waals surface area contributed by atoms with E-state index in [9.17, 15) is 14.4 Å². The predicted octanol–water partition coefficient (Wildman–Crippen LogP) is 4.94. The summed E-state index contributed by atoms with van der Waals surface area (Å²) in [5.74, 6) is 0.322. The third-order valence-corrected chi connectivity index (χ3v) is 9.44. The fourth-order valence-corrected chi connectivity index (χ4v) is 6.74. The molecule has 2 aromatic carbocycles. The van der Waals surface area contributed by atoms with Crippen molar-refractivity contribution in [2.24, 2.45) is 7.05 Å². The molecule has 2 aromatic heterocycles. The van der Waals surface area contributed by atoms with Crippen molar-refractivity contribution in [1.82, 2.24) is 40.6 Å². The maximum Gasteiger partial charge on any atom is 0.407 e. The van der Waals surface area contributed by atoms with Crippen LogP contribution in [0, 0.1) is 0 Å². The molecule has 2 aliphatic rings. The Hall–Kier alpha value is -5.50. The lowest BCUT2D eigenvalue weighted by Gasteiger charge is -2.29. The van der Waals surface area contributed by atoms with Gasteiger partial charge in [-0.25, -0.2) is 14.8 Å². The highest BCUT2D eigenvalue weighted by Gasteiger charge is 2.29. The molecule has 0 saturated carbocycles. The van der Waals surface area contributed by atoms with Crippen LogP contribution in [0.15, 0.2) is 54.7 Å². The molecule has 1 atom stereocenters. The number of nitrogens with zero attached hydrogens (tertiary/aromatic N) is 5. The summed E-state index contributed by atoms with van der Waals surface area (Å²) in [7, 11) is 5.45. The van der Waals surface area contributed by atoms with Gasteiger partial charge < -0.3 is 35.6 Å². The Morgan fingerprint density at radius 3 is 2.47 bits per heavy atom. The molecule has 1 fully saturated rings. The molecular weight excluding hydrogens is 674 g/mol. The second-order valence-corrected chi connectivity index (χ2v) is 14.6. The van der Waals surface area contributed by atoms with Gasteiger partial charge in [-0.3, -0.25) is 14.3 Å². The second-order valence-electron chi connectivity index (χ2n) is 14.6. The zero-order valence-corrected chi connectivity index (χ0v) is 31.3. The van der Waals surface area contributed by atoms with Gasteiger partial charge in [0, 0.05) is 37.0 Å². The number of amides is 3. The first kappa shape index (κ1) is 37.3. The minimum atomic E-state index is -0.656. The topological polar surface area (TPSA) is 165 Å². The molecule has 4 N–H and O–H groups in total. The highest BCUT2D eigenvalue weighted by molar-refractivity contribution is 5.96. The molecule has 1 aliphatic heterocycles. The van der Waals surface area contributed by atoms with Gasteiger partial charge in [0.05, 0.1) is 30.2 Å². The lowest BCUT2D eigenvalue weighted by Crippen LogP contribution is -2.43. The van der Waals surface area contributed by atoms with Crippen LogP contribution in [-0.2, 0) is 24.6 Å². The maximum atomic E-state index is 14.0. The van der Waals surface area contributed by atoms with E-state index >= 15 is 0 Å². The predicted molar refractivity (Wildman–Crippen MR) is 201 cm³/mol. The van der Waals surface area contributed by atoms with Crippen LogP contribution in [0.25, 0.3) is 11.4 Å². The smallest absolute Gasteiger partial charge is 0.407 e. The molecule has 280 valence electrons. The number of methoxy groups -OCH3 is 1. The summed E-state index contributed by atoms with van der Waals surface area (Å²) in [5.41, 5.74) is 4.75. The highest BCUT2D eigenvalue weighted by atomic mass is 16.6. The van der Waals surface area contributed by atoms with Gasteiger partial charge in [-0.2, -0.15) is 5.10 Å². The van der Waals surface area contributed by atoms with Gasteiger partial charge in [-0.15, -0.1) is 0 Å². The Balaban J connectivity index is 1.21. The van der Waals surface area contributed by atoms with E-state index in [4.69, 9.17) is 14.5 Å². The fraction of sp³-hybridized carbons (Fsp3) is 0.436. The van der Waals surface area contributed by atoms with Crippen molar-refractivity contribution in [3.8, 4) is 17.1 Å². The van der Waals surface area contributed by atoms with Crippen molar-refractivity contribution in [3.05, 3.63) is 82.7 Å². The first-order valence-corrected chi connectivity index (χ1v) is 18.1. The molecule has 0 radical (unpaired) electrons. The molecule has 0 spiro atoms. The van der Waals surface area contributed by atoms with Crippen LogP contribution in [0.3, 0.4) is 0 Å². The Morgan fingerprint density at radius 2 is 1.75 bits per heavy atom. The standard InChI is InChI=1S/C39H49N9O5/c1-39(2,3)53-38(51)41-23-30(24-11-8-7-9-12-24)43-36(50)33-28-14-10-13-26-22-40-37(45-32(26)34(28)48(5)46-33)44-29-16-15-25(21-31(29)52-6)35(49)42-27-17-19-47(4)20-18-27/h7-9,11-12,15-16,21-22,27,30H,10,13-14,17-20,23H2,1-6H3,(H,41,51)(H,42,49)(H,43,50)(H,40,44,45)/t30-/m1/s1. The number of likely N-dealkylation sites (tertiary alicyclic amines) is 1.